The number of carbonyl (C=O) groups is 1. The summed E-state index contributed by atoms with van der Waals surface area (Å²) in [6, 6.07) is 9.00. The van der Waals surface area contributed by atoms with E-state index in [9.17, 15) is 4.79 Å². The third-order valence-corrected chi connectivity index (χ3v) is 5.24. The second-order valence-corrected chi connectivity index (χ2v) is 7.44. The number of hydrogen-bond acceptors (Lipinski definition) is 4. The number of rotatable bonds is 5. The Morgan fingerprint density at radius 2 is 1.56 bits per heavy atom. The van der Waals surface area contributed by atoms with Crippen molar-refractivity contribution in [2.24, 2.45) is 0 Å². The summed E-state index contributed by atoms with van der Waals surface area (Å²) in [7, 11) is 0. The molecule has 2 aliphatic rings. The van der Waals surface area contributed by atoms with Crippen molar-refractivity contribution in [3.05, 3.63) is 35.4 Å². The highest BCUT2D eigenvalue weighted by Crippen LogP contribution is 2.16. The first-order valence-corrected chi connectivity index (χ1v) is 9.51. The Bertz CT molecular complexity index is 545. The van der Waals surface area contributed by atoms with Gasteiger partial charge in [0.15, 0.2) is 0 Å². The van der Waals surface area contributed by atoms with Crippen LogP contribution in [-0.2, 0) is 16.1 Å². The fraction of sp³-hybridized carbons (Fsp3) is 0.650. The summed E-state index contributed by atoms with van der Waals surface area (Å²) < 4.78 is 5.32. The highest BCUT2D eigenvalue weighted by molar-refractivity contribution is 5.78. The van der Waals surface area contributed by atoms with Crippen molar-refractivity contribution in [2.75, 3.05) is 59.0 Å². The van der Waals surface area contributed by atoms with Crippen molar-refractivity contribution in [1.29, 1.82) is 0 Å². The van der Waals surface area contributed by atoms with Crippen LogP contribution in [0.4, 0.5) is 0 Å². The van der Waals surface area contributed by atoms with Gasteiger partial charge in [-0.2, -0.15) is 0 Å². The molecule has 2 fully saturated rings. The van der Waals surface area contributed by atoms with Crippen molar-refractivity contribution < 1.29 is 9.53 Å². The number of morpholine rings is 1. The minimum Gasteiger partial charge on any atom is -0.378 e. The van der Waals surface area contributed by atoms with Gasteiger partial charge in [-0.25, -0.2) is 0 Å². The van der Waals surface area contributed by atoms with E-state index in [1.807, 2.05) is 4.90 Å². The predicted octanol–water partition coefficient (Wildman–Crippen LogP) is 1.79. The molecule has 0 aliphatic carbocycles. The van der Waals surface area contributed by atoms with E-state index < -0.39 is 0 Å². The fourth-order valence-corrected chi connectivity index (χ4v) is 3.48. The Morgan fingerprint density at radius 3 is 2.16 bits per heavy atom. The van der Waals surface area contributed by atoms with E-state index in [1.54, 1.807) is 0 Å². The maximum Gasteiger partial charge on any atom is 0.236 e. The molecule has 5 heteroatoms. The Labute approximate surface area is 151 Å². The van der Waals surface area contributed by atoms with Crippen LogP contribution in [0.5, 0.6) is 0 Å². The summed E-state index contributed by atoms with van der Waals surface area (Å²) in [4.78, 5) is 19.1. The highest BCUT2D eigenvalue weighted by atomic mass is 16.5. The summed E-state index contributed by atoms with van der Waals surface area (Å²) in [6.45, 7) is 12.9. The van der Waals surface area contributed by atoms with Gasteiger partial charge >= 0.3 is 0 Å². The number of benzene rings is 1. The first-order valence-electron chi connectivity index (χ1n) is 9.51. The molecular formula is C20H31N3O2. The lowest BCUT2D eigenvalue weighted by Crippen LogP contribution is -2.51. The van der Waals surface area contributed by atoms with Gasteiger partial charge in [0.25, 0.3) is 0 Å². The quantitative estimate of drug-likeness (QED) is 0.815. The molecule has 0 atom stereocenters. The minimum atomic E-state index is 0.251. The normalized spacial score (nSPS) is 20.2. The molecule has 25 heavy (non-hydrogen) atoms. The molecule has 1 amide bonds. The summed E-state index contributed by atoms with van der Waals surface area (Å²) >= 11 is 0. The average molecular weight is 345 g/mol. The molecule has 0 N–H and O–H groups in total. The van der Waals surface area contributed by atoms with Crippen molar-refractivity contribution in [3.63, 3.8) is 0 Å². The summed E-state index contributed by atoms with van der Waals surface area (Å²) in [5.41, 5.74) is 2.78. The van der Waals surface area contributed by atoms with E-state index in [1.165, 1.54) is 11.1 Å². The van der Waals surface area contributed by atoms with Crippen LogP contribution in [0.25, 0.3) is 0 Å². The third kappa shape index (κ3) is 5.27. The first-order chi connectivity index (χ1) is 12.1. The van der Waals surface area contributed by atoms with E-state index >= 15 is 0 Å². The molecule has 0 radical (unpaired) electrons. The topological polar surface area (TPSA) is 36.0 Å². The van der Waals surface area contributed by atoms with Crippen molar-refractivity contribution in [3.8, 4) is 0 Å². The summed E-state index contributed by atoms with van der Waals surface area (Å²) in [5, 5.41) is 0. The van der Waals surface area contributed by atoms with E-state index in [2.05, 4.69) is 47.9 Å². The van der Waals surface area contributed by atoms with Crippen molar-refractivity contribution in [2.45, 2.75) is 26.3 Å². The van der Waals surface area contributed by atoms with E-state index in [4.69, 9.17) is 4.74 Å². The van der Waals surface area contributed by atoms with Crippen molar-refractivity contribution in [1.82, 2.24) is 14.7 Å². The lowest BCUT2D eigenvalue weighted by atomic mass is 10.0. The van der Waals surface area contributed by atoms with Crippen LogP contribution in [0.1, 0.15) is 30.9 Å². The van der Waals surface area contributed by atoms with Crippen LogP contribution < -0.4 is 0 Å². The zero-order chi connectivity index (χ0) is 17.6. The van der Waals surface area contributed by atoms with Gasteiger partial charge in [-0.05, 0) is 17.0 Å². The lowest BCUT2D eigenvalue weighted by Gasteiger charge is -2.36. The number of piperazine rings is 1. The largest absolute Gasteiger partial charge is 0.378 e. The second kappa shape index (κ2) is 8.79. The third-order valence-electron chi connectivity index (χ3n) is 5.24. The summed E-state index contributed by atoms with van der Waals surface area (Å²) in [5.74, 6) is 0.836. The van der Waals surface area contributed by atoms with Crippen LogP contribution in [0.15, 0.2) is 24.3 Å². The highest BCUT2D eigenvalue weighted by Gasteiger charge is 2.22. The number of nitrogens with zero attached hydrogens (tertiary/aromatic N) is 3. The second-order valence-electron chi connectivity index (χ2n) is 7.44. The minimum absolute atomic E-state index is 0.251. The van der Waals surface area contributed by atoms with Gasteiger partial charge in [0.05, 0.1) is 19.8 Å². The standard InChI is InChI=1S/C20H31N3O2/c1-17(2)19-5-3-18(4-6-19)15-21-7-9-22(10-8-21)16-20(24)23-11-13-25-14-12-23/h3-6,17H,7-16H2,1-2H3. The Hall–Kier alpha value is -1.43. The van der Waals surface area contributed by atoms with Gasteiger partial charge in [0.2, 0.25) is 5.91 Å². The number of carbonyl (C=O) groups excluding carboxylic acids is 1. The fourth-order valence-electron chi connectivity index (χ4n) is 3.48. The van der Waals surface area contributed by atoms with E-state index in [-0.39, 0.29) is 5.91 Å². The number of hydrogen-bond donors (Lipinski definition) is 0. The van der Waals surface area contributed by atoms with E-state index in [0.29, 0.717) is 25.7 Å². The Balaban J connectivity index is 1.41. The number of ether oxygens (including phenoxy) is 1. The molecule has 5 nitrogen and oxygen atoms in total. The van der Waals surface area contributed by atoms with Crippen LogP contribution in [0.3, 0.4) is 0 Å². The molecule has 2 aliphatic heterocycles. The van der Waals surface area contributed by atoms with Gasteiger partial charge in [-0.1, -0.05) is 38.1 Å². The summed E-state index contributed by atoms with van der Waals surface area (Å²) in [6.07, 6.45) is 0. The van der Waals surface area contributed by atoms with E-state index in [0.717, 1.165) is 45.8 Å². The molecular weight excluding hydrogens is 314 g/mol. The van der Waals surface area contributed by atoms with Gasteiger partial charge in [-0.15, -0.1) is 0 Å². The molecule has 0 unspecified atom stereocenters. The maximum atomic E-state index is 12.3. The molecule has 0 aromatic heterocycles. The Kier molecular flexibility index (Phi) is 6.45. The molecule has 1 aromatic rings. The Morgan fingerprint density at radius 1 is 0.960 bits per heavy atom. The van der Waals surface area contributed by atoms with Crippen LogP contribution in [0.2, 0.25) is 0 Å². The zero-order valence-electron chi connectivity index (χ0n) is 15.6. The number of amides is 1. The van der Waals surface area contributed by atoms with Crippen LogP contribution in [-0.4, -0.2) is 79.6 Å². The van der Waals surface area contributed by atoms with Crippen LogP contribution >= 0.6 is 0 Å². The molecule has 0 bridgehead atoms. The molecule has 1 aromatic carbocycles. The molecule has 0 spiro atoms. The van der Waals surface area contributed by atoms with Gasteiger partial charge < -0.3 is 9.64 Å². The molecule has 2 saturated heterocycles. The predicted molar refractivity (Wildman–Crippen MR) is 99.6 cm³/mol. The molecule has 3 rings (SSSR count). The maximum absolute atomic E-state index is 12.3. The smallest absolute Gasteiger partial charge is 0.236 e. The molecule has 138 valence electrons. The van der Waals surface area contributed by atoms with Gasteiger partial charge in [0.1, 0.15) is 0 Å². The van der Waals surface area contributed by atoms with Crippen molar-refractivity contribution >= 4 is 5.91 Å². The first kappa shape index (κ1) is 18.4. The average Bonchev–Trinajstić information content (AvgIpc) is 2.64. The van der Waals surface area contributed by atoms with Gasteiger partial charge in [0, 0.05) is 45.8 Å². The molecule has 0 saturated carbocycles. The molecule has 2 heterocycles. The zero-order valence-corrected chi connectivity index (χ0v) is 15.6. The monoisotopic (exact) mass is 345 g/mol. The van der Waals surface area contributed by atoms with Gasteiger partial charge in [-0.3, -0.25) is 14.6 Å². The SMILES string of the molecule is CC(C)c1ccc(CN2CCN(CC(=O)N3CCOCC3)CC2)cc1. The lowest BCUT2D eigenvalue weighted by molar-refractivity contribution is -0.136. The van der Waals surface area contributed by atoms with Crippen LogP contribution in [0, 0.1) is 0 Å².